The zero-order valence-corrected chi connectivity index (χ0v) is 12.2. The highest BCUT2D eigenvalue weighted by atomic mass is 16.3. The van der Waals surface area contributed by atoms with E-state index < -0.39 is 11.6 Å². The predicted molar refractivity (Wildman–Crippen MR) is 76.5 cm³/mol. The van der Waals surface area contributed by atoms with E-state index in [-0.39, 0.29) is 0 Å². The van der Waals surface area contributed by atoms with Crippen molar-refractivity contribution >= 4 is 11.3 Å². The lowest BCUT2D eigenvalue weighted by atomic mass is 9.99. The first kappa shape index (κ1) is 13.8. The van der Waals surface area contributed by atoms with Gasteiger partial charge in [0.25, 0.3) is 0 Å². The standard InChI is InChI=1S/C14H22N4O/c1-9(2)11-8-12-13(15-6-7-18(12)17-11)16-14(4,5)10(3)19/h6-10,19H,1-5H3,(H,15,16). The maximum atomic E-state index is 9.79. The molecular formula is C14H22N4O. The molecule has 2 aromatic rings. The van der Waals surface area contributed by atoms with E-state index in [1.165, 1.54) is 0 Å². The van der Waals surface area contributed by atoms with E-state index in [9.17, 15) is 5.11 Å². The Morgan fingerprint density at radius 3 is 2.58 bits per heavy atom. The molecule has 2 N–H and O–H groups in total. The topological polar surface area (TPSA) is 62.5 Å². The van der Waals surface area contributed by atoms with Crippen LogP contribution in [0.25, 0.3) is 5.52 Å². The number of nitrogens with one attached hydrogen (secondary N) is 1. The first-order valence-electron chi connectivity index (χ1n) is 6.62. The molecule has 1 atom stereocenters. The Labute approximate surface area is 113 Å². The van der Waals surface area contributed by atoms with E-state index in [1.54, 1.807) is 13.1 Å². The summed E-state index contributed by atoms with van der Waals surface area (Å²) < 4.78 is 1.82. The second-order valence-corrected chi connectivity index (χ2v) is 5.85. The quantitative estimate of drug-likeness (QED) is 0.888. The molecule has 0 aliphatic heterocycles. The molecule has 0 amide bonds. The van der Waals surface area contributed by atoms with E-state index in [2.05, 4.69) is 29.2 Å². The van der Waals surface area contributed by atoms with E-state index in [0.717, 1.165) is 17.0 Å². The van der Waals surface area contributed by atoms with Crippen LogP contribution in [0.15, 0.2) is 18.5 Å². The molecule has 19 heavy (non-hydrogen) atoms. The van der Waals surface area contributed by atoms with E-state index >= 15 is 0 Å². The maximum absolute atomic E-state index is 9.79. The van der Waals surface area contributed by atoms with Crippen LogP contribution in [-0.2, 0) is 0 Å². The zero-order chi connectivity index (χ0) is 14.2. The van der Waals surface area contributed by atoms with E-state index in [4.69, 9.17) is 0 Å². The van der Waals surface area contributed by atoms with Crippen LogP contribution in [0.1, 0.15) is 46.2 Å². The molecule has 2 rings (SSSR count). The Balaban J connectivity index is 2.44. The fourth-order valence-electron chi connectivity index (χ4n) is 1.73. The van der Waals surface area contributed by atoms with Gasteiger partial charge in [-0.25, -0.2) is 9.50 Å². The number of fused-ring (bicyclic) bond motifs is 1. The van der Waals surface area contributed by atoms with Gasteiger partial charge >= 0.3 is 0 Å². The van der Waals surface area contributed by atoms with Crippen molar-refractivity contribution in [1.29, 1.82) is 0 Å². The summed E-state index contributed by atoms with van der Waals surface area (Å²) in [5.74, 6) is 1.12. The molecule has 0 aromatic carbocycles. The SMILES string of the molecule is CC(C)c1cc2c(NC(C)(C)C(C)O)nccn2n1. The van der Waals surface area contributed by atoms with Gasteiger partial charge in [-0.3, -0.25) is 0 Å². The van der Waals surface area contributed by atoms with Gasteiger partial charge in [0.1, 0.15) is 5.52 Å². The van der Waals surface area contributed by atoms with Crippen LogP contribution < -0.4 is 5.32 Å². The van der Waals surface area contributed by atoms with Gasteiger partial charge in [-0.1, -0.05) is 13.8 Å². The average molecular weight is 262 g/mol. The van der Waals surface area contributed by atoms with Crippen molar-refractivity contribution in [3.05, 3.63) is 24.2 Å². The molecule has 0 bridgehead atoms. The summed E-state index contributed by atoms with van der Waals surface area (Å²) in [5, 5.41) is 17.6. The molecule has 0 radical (unpaired) electrons. The second kappa shape index (κ2) is 4.81. The van der Waals surface area contributed by atoms with Gasteiger partial charge in [-0.15, -0.1) is 0 Å². The van der Waals surface area contributed by atoms with Gasteiger partial charge in [0.15, 0.2) is 5.82 Å². The van der Waals surface area contributed by atoms with Crippen molar-refractivity contribution in [3.8, 4) is 0 Å². The number of aliphatic hydroxyl groups excluding tert-OH is 1. The lowest BCUT2D eigenvalue weighted by Gasteiger charge is -2.30. The molecule has 0 spiro atoms. The summed E-state index contributed by atoms with van der Waals surface area (Å²) in [6.45, 7) is 9.89. The van der Waals surface area contributed by atoms with Crippen LogP contribution in [0.5, 0.6) is 0 Å². The third kappa shape index (κ3) is 2.71. The molecule has 0 saturated heterocycles. The molecule has 2 aromatic heterocycles. The fraction of sp³-hybridized carbons (Fsp3) is 0.571. The van der Waals surface area contributed by atoms with Crippen molar-refractivity contribution in [2.75, 3.05) is 5.32 Å². The smallest absolute Gasteiger partial charge is 0.152 e. The summed E-state index contributed by atoms with van der Waals surface area (Å²) in [5.41, 5.74) is 1.52. The largest absolute Gasteiger partial charge is 0.391 e. The highest BCUT2D eigenvalue weighted by molar-refractivity contribution is 5.68. The highest BCUT2D eigenvalue weighted by Gasteiger charge is 2.25. The minimum atomic E-state index is -0.484. The number of rotatable bonds is 4. The molecule has 5 nitrogen and oxygen atoms in total. The second-order valence-electron chi connectivity index (χ2n) is 5.85. The molecule has 0 aliphatic rings. The molecule has 0 saturated carbocycles. The molecule has 0 aliphatic carbocycles. The summed E-state index contributed by atoms with van der Waals surface area (Å²) in [6, 6.07) is 2.04. The molecule has 5 heteroatoms. The summed E-state index contributed by atoms with van der Waals surface area (Å²) in [7, 11) is 0. The van der Waals surface area contributed by atoms with Crippen molar-refractivity contribution in [2.45, 2.75) is 52.2 Å². The number of aromatic nitrogens is 3. The monoisotopic (exact) mass is 262 g/mol. The lowest BCUT2D eigenvalue weighted by molar-refractivity contribution is 0.133. The van der Waals surface area contributed by atoms with Crippen molar-refractivity contribution in [2.24, 2.45) is 0 Å². The van der Waals surface area contributed by atoms with Crippen LogP contribution in [-0.4, -0.2) is 31.3 Å². The summed E-state index contributed by atoms with van der Waals surface area (Å²) >= 11 is 0. The number of hydrogen-bond acceptors (Lipinski definition) is 4. The van der Waals surface area contributed by atoms with E-state index in [1.807, 2.05) is 30.6 Å². The van der Waals surface area contributed by atoms with Crippen LogP contribution in [0.3, 0.4) is 0 Å². The first-order valence-corrected chi connectivity index (χ1v) is 6.62. The van der Waals surface area contributed by atoms with Crippen molar-refractivity contribution in [1.82, 2.24) is 14.6 Å². The Morgan fingerprint density at radius 1 is 1.32 bits per heavy atom. The van der Waals surface area contributed by atoms with Gasteiger partial charge in [0.2, 0.25) is 0 Å². The Kier molecular flexibility index (Phi) is 3.49. The Morgan fingerprint density at radius 2 is 2.00 bits per heavy atom. The normalized spacial score (nSPS) is 14.1. The van der Waals surface area contributed by atoms with Crippen molar-refractivity contribution in [3.63, 3.8) is 0 Å². The lowest BCUT2D eigenvalue weighted by Crippen LogP contribution is -2.42. The third-order valence-corrected chi connectivity index (χ3v) is 3.49. The van der Waals surface area contributed by atoms with Gasteiger partial charge in [-0.2, -0.15) is 5.10 Å². The third-order valence-electron chi connectivity index (χ3n) is 3.49. The van der Waals surface area contributed by atoms with Crippen LogP contribution in [0.2, 0.25) is 0 Å². The average Bonchev–Trinajstić information content (AvgIpc) is 2.73. The fourth-order valence-corrected chi connectivity index (χ4v) is 1.73. The number of hydrogen-bond donors (Lipinski definition) is 2. The Bertz CT molecular complexity index is 572. The molecule has 0 fully saturated rings. The minimum Gasteiger partial charge on any atom is -0.391 e. The maximum Gasteiger partial charge on any atom is 0.152 e. The summed E-state index contributed by atoms with van der Waals surface area (Å²) in [4.78, 5) is 4.36. The molecule has 2 heterocycles. The van der Waals surface area contributed by atoms with Crippen LogP contribution in [0.4, 0.5) is 5.82 Å². The van der Waals surface area contributed by atoms with Gasteiger partial charge < -0.3 is 10.4 Å². The van der Waals surface area contributed by atoms with Crippen LogP contribution in [0, 0.1) is 0 Å². The number of anilines is 1. The Hall–Kier alpha value is -1.62. The van der Waals surface area contributed by atoms with Crippen LogP contribution >= 0.6 is 0 Å². The number of nitrogens with zero attached hydrogens (tertiary/aromatic N) is 3. The van der Waals surface area contributed by atoms with Crippen molar-refractivity contribution < 1.29 is 5.11 Å². The number of aliphatic hydroxyl groups is 1. The zero-order valence-electron chi connectivity index (χ0n) is 12.2. The minimum absolute atomic E-state index is 0.373. The van der Waals surface area contributed by atoms with Gasteiger partial charge in [0, 0.05) is 12.4 Å². The van der Waals surface area contributed by atoms with Gasteiger partial charge in [-0.05, 0) is 32.8 Å². The predicted octanol–water partition coefficient (Wildman–Crippen LogP) is 2.42. The molecular weight excluding hydrogens is 240 g/mol. The summed E-state index contributed by atoms with van der Waals surface area (Å²) in [6.07, 6.45) is 3.06. The highest BCUT2D eigenvalue weighted by Crippen LogP contribution is 2.23. The molecule has 104 valence electrons. The van der Waals surface area contributed by atoms with Gasteiger partial charge in [0.05, 0.1) is 17.3 Å². The first-order chi connectivity index (χ1) is 8.81. The molecule has 1 unspecified atom stereocenters. The van der Waals surface area contributed by atoms with E-state index in [0.29, 0.717) is 5.92 Å².